The van der Waals surface area contributed by atoms with E-state index in [-0.39, 0.29) is 0 Å². The maximum Gasteiger partial charge on any atom is 0.142 e. The van der Waals surface area contributed by atoms with Crippen molar-refractivity contribution in [1.82, 2.24) is 0 Å². The summed E-state index contributed by atoms with van der Waals surface area (Å²) in [4.78, 5) is 0. The largest absolute Gasteiger partial charge is 0.299 e. The van der Waals surface area contributed by atoms with Gasteiger partial charge in [0.15, 0.2) is 0 Å². The van der Waals surface area contributed by atoms with Crippen LogP contribution < -0.4 is 0 Å². The first-order valence-corrected chi connectivity index (χ1v) is 1.31. The Balaban J connectivity index is 2.92. The molecule has 0 rings (SSSR count). The minimum Gasteiger partial charge on any atom is -0.299 e. The molecular weight excluding hydrogens is 64.0 g/mol. The maximum atomic E-state index is 9.28. The maximum absolute atomic E-state index is 9.28. The molecule has 0 aliphatic rings. The molecular formula is C4H5O. The van der Waals surface area contributed by atoms with E-state index in [1.807, 2.05) is 0 Å². The number of hydrogen-bond acceptors (Lipinski definition) is 0. The van der Waals surface area contributed by atoms with Crippen molar-refractivity contribution < 1.29 is 5.11 Å². The van der Waals surface area contributed by atoms with Crippen LogP contribution in [0.2, 0.25) is 0 Å². The first-order valence-electron chi connectivity index (χ1n) is 1.31. The molecule has 0 N–H and O–H groups in total. The van der Waals surface area contributed by atoms with Gasteiger partial charge in [0, 0.05) is 0 Å². The Hall–Kier alpha value is -0.720. The lowest BCUT2D eigenvalue weighted by Crippen LogP contribution is -1.37. The summed E-state index contributed by atoms with van der Waals surface area (Å²) < 4.78 is 0. The highest BCUT2D eigenvalue weighted by Crippen LogP contribution is 1.62. The summed E-state index contributed by atoms with van der Waals surface area (Å²) in [7, 11) is 0. The molecule has 5 heavy (non-hydrogen) atoms. The van der Waals surface area contributed by atoms with Gasteiger partial charge in [0.05, 0.1) is 0 Å². The van der Waals surface area contributed by atoms with E-state index >= 15 is 0 Å². The third-order valence-electron chi connectivity index (χ3n) is 0.215. The quantitative estimate of drug-likeness (QED) is 0.325. The minimum absolute atomic E-state index is 0.688. The second-order valence-corrected chi connectivity index (χ2v) is 0.564. The first-order chi connectivity index (χ1) is 2.41. The van der Waals surface area contributed by atoms with Gasteiger partial charge in [-0.3, -0.25) is 5.11 Å². The Kier molecular flexibility index (Phi) is 2.81. The zero-order chi connectivity index (χ0) is 4.12. The van der Waals surface area contributed by atoms with Gasteiger partial charge < -0.3 is 0 Å². The van der Waals surface area contributed by atoms with Crippen molar-refractivity contribution in [1.29, 1.82) is 0 Å². The van der Waals surface area contributed by atoms with Crippen molar-refractivity contribution in [3.8, 4) is 0 Å². The van der Waals surface area contributed by atoms with Gasteiger partial charge >= 0.3 is 0 Å². The average Bonchev–Trinajstić information content (AvgIpc) is 1.41. The summed E-state index contributed by atoms with van der Waals surface area (Å²) in [6.45, 7) is 3.26. The van der Waals surface area contributed by atoms with Crippen LogP contribution in [0.3, 0.4) is 0 Å². The SMILES string of the molecule is C=C/C=C/[O]. The van der Waals surface area contributed by atoms with E-state index in [1.54, 1.807) is 0 Å². The van der Waals surface area contributed by atoms with Crippen molar-refractivity contribution in [2.24, 2.45) is 0 Å². The van der Waals surface area contributed by atoms with E-state index in [0.717, 1.165) is 0 Å². The molecule has 0 aliphatic heterocycles. The van der Waals surface area contributed by atoms with Gasteiger partial charge in [0.2, 0.25) is 0 Å². The van der Waals surface area contributed by atoms with Crippen LogP contribution in [0.1, 0.15) is 0 Å². The summed E-state index contributed by atoms with van der Waals surface area (Å²) in [5.41, 5.74) is 0. The van der Waals surface area contributed by atoms with Gasteiger partial charge in [-0.2, -0.15) is 0 Å². The van der Waals surface area contributed by atoms with Crippen LogP contribution in [-0.4, -0.2) is 0 Å². The van der Waals surface area contributed by atoms with Crippen LogP contribution in [0.4, 0.5) is 0 Å². The molecule has 0 spiro atoms. The van der Waals surface area contributed by atoms with Gasteiger partial charge in [-0.15, -0.1) is 0 Å². The monoisotopic (exact) mass is 69.0 g/mol. The highest BCUT2D eigenvalue weighted by Gasteiger charge is 1.47. The topological polar surface area (TPSA) is 19.9 Å². The van der Waals surface area contributed by atoms with E-state index in [9.17, 15) is 5.11 Å². The van der Waals surface area contributed by atoms with Crippen LogP contribution in [0, 0.1) is 0 Å². The van der Waals surface area contributed by atoms with Crippen molar-refractivity contribution in [2.75, 3.05) is 0 Å². The summed E-state index contributed by atoms with van der Waals surface area (Å²) in [5.74, 6) is 0. The lowest BCUT2D eigenvalue weighted by molar-refractivity contribution is 0.352. The van der Waals surface area contributed by atoms with E-state index in [1.165, 1.54) is 12.2 Å². The zero-order valence-electron chi connectivity index (χ0n) is 2.85. The Bertz CT molecular complexity index is 45.6. The fourth-order valence-electron chi connectivity index (χ4n) is 0.0556. The van der Waals surface area contributed by atoms with Crippen LogP contribution in [0.15, 0.2) is 25.0 Å². The highest BCUT2D eigenvalue weighted by atomic mass is 16.2. The van der Waals surface area contributed by atoms with E-state index in [4.69, 9.17) is 0 Å². The fourth-order valence-corrected chi connectivity index (χ4v) is 0.0556. The molecule has 0 saturated carbocycles. The Morgan fingerprint density at radius 1 is 1.60 bits per heavy atom. The lowest BCUT2D eigenvalue weighted by Gasteiger charge is -1.52. The van der Waals surface area contributed by atoms with Gasteiger partial charge in [-0.25, -0.2) is 0 Å². The molecule has 0 unspecified atom stereocenters. The third kappa shape index (κ3) is 3.28. The summed E-state index contributed by atoms with van der Waals surface area (Å²) in [6.07, 6.45) is 3.46. The van der Waals surface area contributed by atoms with Crippen LogP contribution in [0.25, 0.3) is 0 Å². The summed E-state index contributed by atoms with van der Waals surface area (Å²) in [5, 5.41) is 9.28. The second-order valence-electron chi connectivity index (χ2n) is 0.564. The second kappa shape index (κ2) is 3.28. The van der Waals surface area contributed by atoms with Gasteiger partial charge in [-0.1, -0.05) is 12.7 Å². The van der Waals surface area contributed by atoms with Crippen molar-refractivity contribution in [2.45, 2.75) is 0 Å². The van der Waals surface area contributed by atoms with Gasteiger partial charge in [0.1, 0.15) is 6.26 Å². The van der Waals surface area contributed by atoms with E-state index in [0.29, 0.717) is 6.26 Å². The normalized spacial score (nSPS) is 8.80. The number of allylic oxidation sites excluding steroid dienone is 2. The molecule has 1 heteroatoms. The molecule has 0 aromatic rings. The Labute approximate surface area is 31.2 Å². The molecule has 0 atom stereocenters. The van der Waals surface area contributed by atoms with E-state index in [2.05, 4.69) is 6.58 Å². The van der Waals surface area contributed by atoms with Crippen LogP contribution >= 0.6 is 0 Å². The molecule has 0 aromatic carbocycles. The molecule has 0 amide bonds. The molecule has 0 fully saturated rings. The minimum atomic E-state index is 0.688. The van der Waals surface area contributed by atoms with E-state index < -0.39 is 0 Å². The molecule has 27 valence electrons. The van der Waals surface area contributed by atoms with Crippen molar-refractivity contribution >= 4 is 0 Å². The molecule has 1 radical (unpaired) electrons. The molecule has 0 bridgehead atoms. The predicted molar refractivity (Wildman–Crippen MR) is 20.0 cm³/mol. The molecule has 0 saturated heterocycles. The number of hydrogen-bond donors (Lipinski definition) is 0. The predicted octanol–water partition coefficient (Wildman–Crippen LogP) is 1.12. The zero-order valence-corrected chi connectivity index (χ0v) is 2.85. The molecule has 0 aliphatic carbocycles. The highest BCUT2D eigenvalue weighted by molar-refractivity contribution is 4.91. The van der Waals surface area contributed by atoms with Crippen molar-refractivity contribution in [3.63, 3.8) is 0 Å². The molecule has 0 heterocycles. The molecule has 1 nitrogen and oxygen atoms in total. The molecule has 0 aromatic heterocycles. The summed E-state index contributed by atoms with van der Waals surface area (Å²) >= 11 is 0. The number of rotatable bonds is 1. The fraction of sp³-hybridized carbons (Fsp3) is 0. The van der Waals surface area contributed by atoms with Crippen LogP contribution in [0.5, 0.6) is 0 Å². The standard InChI is InChI=1S/C4H5O/c1-2-3-4-5/h2-4H,1H2/b4-3+. The summed E-state index contributed by atoms with van der Waals surface area (Å²) in [6, 6.07) is 0. The van der Waals surface area contributed by atoms with Crippen molar-refractivity contribution in [3.05, 3.63) is 25.0 Å². The van der Waals surface area contributed by atoms with Gasteiger partial charge in [0.25, 0.3) is 0 Å². The Morgan fingerprint density at radius 3 is 2.20 bits per heavy atom. The lowest BCUT2D eigenvalue weighted by atomic mass is 10.6. The van der Waals surface area contributed by atoms with Crippen LogP contribution in [-0.2, 0) is 5.11 Å². The first kappa shape index (κ1) is 4.28. The third-order valence-corrected chi connectivity index (χ3v) is 0.215. The smallest absolute Gasteiger partial charge is 0.142 e. The Morgan fingerprint density at radius 2 is 2.20 bits per heavy atom. The average molecular weight is 69.1 g/mol. The van der Waals surface area contributed by atoms with Gasteiger partial charge in [-0.05, 0) is 6.08 Å².